The number of carbonyl (C=O) groups is 2. The lowest BCUT2D eigenvalue weighted by Crippen LogP contribution is -2.37. The van der Waals surface area contributed by atoms with Gasteiger partial charge < -0.3 is 15.5 Å². The maximum atomic E-state index is 13.0. The van der Waals surface area contributed by atoms with Gasteiger partial charge in [0.25, 0.3) is 11.8 Å². The number of rotatable bonds is 4. The van der Waals surface area contributed by atoms with Gasteiger partial charge in [0.05, 0.1) is 22.9 Å². The van der Waals surface area contributed by atoms with Crippen molar-refractivity contribution in [3.8, 4) is 6.07 Å². The Morgan fingerprint density at radius 1 is 0.971 bits per heavy atom. The highest BCUT2D eigenvalue weighted by Crippen LogP contribution is 2.38. The molecule has 0 unspecified atom stereocenters. The minimum absolute atomic E-state index is 0.0432. The number of hydrogen-bond acceptors (Lipinski definition) is 5. The molecule has 0 spiro atoms. The molecule has 2 aliphatic heterocycles. The van der Waals surface area contributed by atoms with Crippen molar-refractivity contribution < 1.29 is 9.59 Å². The molecular formula is C27H22N4O2S. The second-order valence-corrected chi connectivity index (χ2v) is 9.27. The van der Waals surface area contributed by atoms with Crippen molar-refractivity contribution in [1.29, 1.82) is 5.26 Å². The lowest BCUT2D eigenvalue weighted by Gasteiger charge is -2.26. The number of hydrogen-bond donors (Lipinski definition) is 2. The number of nitrogens with one attached hydrogen (secondary N) is 2. The summed E-state index contributed by atoms with van der Waals surface area (Å²) >= 11 is 1.87. The van der Waals surface area contributed by atoms with Gasteiger partial charge in [-0.15, -0.1) is 0 Å². The van der Waals surface area contributed by atoms with Crippen LogP contribution in [0.2, 0.25) is 0 Å². The lowest BCUT2D eigenvalue weighted by atomic mass is 9.98. The average Bonchev–Trinajstić information content (AvgIpc) is 3.22. The van der Waals surface area contributed by atoms with Crippen LogP contribution in [0.3, 0.4) is 0 Å². The molecule has 0 saturated carbocycles. The van der Waals surface area contributed by atoms with Crippen LogP contribution in [0.15, 0.2) is 72.8 Å². The van der Waals surface area contributed by atoms with Gasteiger partial charge in [-0.1, -0.05) is 30.3 Å². The molecule has 2 heterocycles. The van der Waals surface area contributed by atoms with E-state index in [4.69, 9.17) is 0 Å². The summed E-state index contributed by atoms with van der Waals surface area (Å²) in [6.45, 7) is 1.54. The molecule has 1 fully saturated rings. The van der Waals surface area contributed by atoms with Crippen molar-refractivity contribution in [3.05, 3.63) is 95.1 Å². The van der Waals surface area contributed by atoms with E-state index in [1.807, 2.05) is 71.3 Å². The molecular weight excluding hydrogens is 444 g/mol. The predicted molar refractivity (Wildman–Crippen MR) is 136 cm³/mol. The van der Waals surface area contributed by atoms with Crippen LogP contribution in [-0.2, 0) is 4.79 Å². The van der Waals surface area contributed by atoms with E-state index in [9.17, 15) is 14.9 Å². The number of nitrogens with zero attached hydrogens (tertiary/aromatic N) is 2. The number of fused-ring (bicyclic) bond motifs is 1. The predicted octanol–water partition coefficient (Wildman–Crippen LogP) is 4.68. The van der Waals surface area contributed by atoms with Gasteiger partial charge in [0.2, 0.25) is 0 Å². The largest absolute Gasteiger partial charge is 0.354 e. The fourth-order valence-corrected chi connectivity index (χ4v) is 5.06. The molecule has 2 N–H and O–H groups in total. The number of nitriles is 1. The van der Waals surface area contributed by atoms with Gasteiger partial charge in [-0.3, -0.25) is 9.59 Å². The Balaban J connectivity index is 1.51. The second kappa shape index (κ2) is 9.46. The molecule has 34 heavy (non-hydrogen) atoms. The van der Waals surface area contributed by atoms with Crippen molar-refractivity contribution in [2.24, 2.45) is 0 Å². The molecule has 0 radical (unpaired) electrons. The second-order valence-electron chi connectivity index (χ2n) is 8.05. The summed E-state index contributed by atoms with van der Waals surface area (Å²) in [6, 6.07) is 24.3. The van der Waals surface area contributed by atoms with Crippen LogP contribution in [0.1, 0.15) is 27.0 Å². The molecule has 5 rings (SSSR count). The number of benzene rings is 3. The van der Waals surface area contributed by atoms with E-state index >= 15 is 0 Å². The number of thioether (sulfide) groups is 1. The van der Waals surface area contributed by atoms with Gasteiger partial charge in [0.15, 0.2) is 0 Å². The number of amides is 2. The molecule has 6 nitrogen and oxygen atoms in total. The first-order valence-electron chi connectivity index (χ1n) is 11.0. The Morgan fingerprint density at radius 2 is 1.71 bits per heavy atom. The Morgan fingerprint density at radius 3 is 2.41 bits per heavy atom. The quantitative estimate of drug-likeness (QED) is 0.546. The lowest BCUT2D eigenvalue weighted by molar-refractivity contribution is -0.110. The summed E-state index contributed by atoms with van der Waals surface area (Å²) in [6.07, 6.45) is 0. The Hall–Kier alpha value is -4.02. The van der Waals surface area contributed by atoms with Crippen LogP contribution in [0, 0.1) is 11.3 Å². The highest BCUT2D eigenvalue weighted by atomic mass is 32.2. The van der Waals surface area contributed by atoms with Crippen LogP contribution < -0.4 is 10.6 Å². The first kappa shape index (κ1) is 21.8. The third kappa shape index (κ3) is 4.28. The van der Waals surface area contributed by atoms with Crippen molar-refractivity contribution in [1.82, 2.24) is 4.90 Å². The van der Waals surface area contributed by atoms with Gasteiger partial charge in [0, 0.05) is 47.1 Å². The van der Waals surface area contributed by atoms with E-state index in [0.717, 1.165) is 35.8 Å². The number of anilines is 2. The molecule has 0 atom stereocenters. The van der Waals surface area contributed by atoms with Gasteiger partial charge in [-0.25, -0.2) is 0 Å². The summed E-state index contributed by atoms with van der Waals surface area (Å²) in [7, 11) is 0. The molecule has 2 amide bonds. The third-order valence-corrected chi connectivity index (χ3v) is 6.85. The summed E-state index contributed by atoms with van der Waals surface area (Å²) in [4.78, 5) is 27.7. The standard InChI is InChI=1S/C27H22N4O2S/c28-17-18-6-11-23-22(16-18)24(26(32)30-23)25(19-4-2-1-3-5-19)29-21-9-7-20(8-10-21)27(33)31-12-14-34-15-13-31/h1-11,16,29H,12-15H2,(H,30,32)/b25-24-. The van der Waals surface area contributed by atoms with E-state index in [-0.39, 0.29) is 11.8 Å². The molecule has 7 heteroatoms. The van der Waals surface area contributed by atoms with Crippen LogP contribution in [0.5, 0.6) is 0 Å². The summed E-state index contributed by atoms with van der Waals surface area (Å²) in [5.41, 5.74) is 5.21. The Kier molecular flexibility index (Phi) is 6.07. The summed E-state index contributed by atoms with van der Waals surface area (Å²) in [5.74, 6) is 1.75. The topological polar surface area (TPSA) is 85.2 Å². The fourth-order valence-electron chi connectivity index (χ4n) is 4.16. The van der Waals surface area contributed by atoms with Crippen LogP contribution >= 0.6 is 11.8 Å². The zero-order chi connectivity index (χ0) is 23.5. The molecule has 1 saturated heterocycles. The molecule has 3 aromatic carbocycles. The Labute approximate surface area is 202 Å². The average molecular weight is 467 g/mol. The van der Waals surface area contributed by atoms with Gasteiger partial charge >= 0.3 is 0 Å². The van der Waals surface area contributed by atoms with Gasteiger partial charge in [-0.05, 0) is 48.0 Å². The first-order chi connectivity index (χ1) is 16.6. The molecule has 2 aliphatic rings. The molecule has 0 bridgehead atoms. The van der Waals surface area contributed by atoms with Crippen molar-refractivity contribution in [2.75, 3.05) is 35.2 Å². The zero-order valence-corrected chi connectivity index (χ0v) is 19.2. The van der Waals surface area contributed by atoms with Crippen molar-refractivity contribution >= 4 is 46.2 Å². The SMILES string of the molecule is N#Cc1ccc2c(c1)/C(=C(/Nc1ccc(C(=O)N3CCSCC3)cc1)c1ccccc1)C(=O)N2. The molecule has 3 aromatic rings. The van der Waals surface area contributed by atoms with Crippen molar-refractivity contribution in [3.63, 3.8) is 0 Å². The maximum Gasteiger partial charge on any atom is 0.258 e. The van der Waals surface area contributed by atoms with E-state index in [0.29, 0.717) is 33.6 Å². The monoisotopic (exact) mass is 466 g/mol. The highest BCUT2D eigenvalue weighted by Gasteiger charge is 2.29. The molecule has 0 aromatic heterocycles. The van der Waals surface area contributed by atoms with E-state index < -0.39 is 0 Å². The summed E-state index contributed by atoms with van der Waals surface area (Å²) < 4.78 is 0. The third-order valence-electron chi connectivity index (χ3n) is 5.91. The van der Waals surface area contributed by atoms with Crippen LogP contribution in [0.25, 0.3) is 11.3 Å². The van der Waals surface area contributed by atoms with Crippen LogP contribution in [-0.4, -0.2) is 41.3 Å². The van der Waals surface area contributed by atoms with E-state index in [2.05, 4.69) is 16.7 Å². The Bertz CT molecular complexity index is 1320. The van der Waals surface area contributed by atoms with Gasteiger partial charge in [0.1, 0.15) is 0 Å². The van der Waals surface area contributed by atoms with E-state index in [1.54, 1.807) is 18.2 Å². The highest BCUT2D eigenvalue weighted by molar-refractivity contribution is 7.99. The fraction of sp³-hybridized carbons (Fsp3) is 0.148. The first-order valence-corrected chi connectivity index (χ1v) is 12.2. The normalized spacial score (nSPS) is 16.3. The maximum absolute atomic E-state index is 13.0. The van der Waals surface area contributed by atoms with Crippen LogP contribution in [0.4, 0.5) is 11.4 Å². The van der Waals surface area contributed by atoms with Gasteiger partial charge in [-0.2, -0.15) is 17.0 Å². The minimum Gasteiger partial charge on any atom is -0.354 e. The number of carbonyl (C=O) groups excluding carboxylic acids is 2. The zero-order valence-electron chi connectivity index (χ0n) is 18.4. The molecule has 0 aliphatic carbocycles. The van der Waals surface area contributed by atoms with Crippen molar-refractivity contribution in [2.45, 2.75) is 0 Å². The smallest absolute Gasteiger partial charge is 0.258 e. The summed E-state index contributed by atoms with van der Waals surface area (Å²) in [5, 5.41) is 15.7. The minimum atomic E-state index is -0.230. The molecule has 168 valence electrons. The van der Waals surface area contributed by atoms with E-state index in [1.165, 1.54) is 0 Å².